The van der Waals surface area contributed by atoms with Gasteiger partial charge in [-0.25, -0.2) is 4.79 Å². The Morgan fingerprint density at radius 3 is 2.90 bits per heavy atom. The topological polar surface area (TPSA) is 71.2 Å². The third kappa shape index (κ3) is 2.05. The first-order valence-corrected chi connectivity index (χ1v) is 6.31. The number of carboxylic acids is 1. The molecule has 6 heteroatoms. The molecule has 102 valence electrons. The molecule has 1 N–H and O–H groups in total. The number of aromatic nitrogens is 3. The fraction of sp³-hybridized carbons (Fsp3) is 0.214. The SMILES string of the molecule is CN1CCn2c(/C=C/C(=O)O)nnc2-c2ccccc21. The zero-order valence-electron chi connectivity index (χ0n) is 11.0. The molecule has 0 saturated carbocycles. The molecule has 6 nitrogen and oxygen atoms in total. The van der Waals surface area contributed by atoms with Crippen LogP contribution in [0.3, 0.4) is 0 Å². The molecule has 1 aromatic heterocycles. The minimum absolute atomic E-state index is 0.563. The van der Waals surface area contributed by atoms with Gasteiger partial charge in [-0.1, -0.05) is 12.1 Å². The van der Waals surface area contributed by atoms with Crippen LogP contribution < -0.4 is 4.90 Å². The number of benzene rings is 1. The van der Waals surface area contributed by atoms with Crippen molar-refractivity contribution in [3.63, 3.8) is 0 Å². The molecule has 0 aliphatic carbocycles. The van der Waals surface area contributed by atoms with Crippen molar-refractivity contribution in [2.24, 2.45) is 0 Å². The summed E-state index contributed by atoms with van der Waals surface area (Å²) in [5.41, 5.74) is 2.11. The lowest BCUT2D eigenvalue weighted by Crippen LogP contribution is -2.21. The van der Waals surface area contributed by atoms with Crippen LogP contribution in [0.25, 0.3) is 17.5 Å². The first-order valence-electron chi connectivity index (χ1n) is 6.31. The van der Waals surface area contributed by atoms with Gasteiger partial charge in [0.15, 0.2) is 11.6 Å². The standard InChI is InChI=1S/C14H14N4O2/c1-17-8-9-18-12(6-7-13(19)20)15-16-14(18)10-4-2-3-5-11(10)17/h2-7H,8-9H2,1H3,(H,19,20)/b7-6+. The van der Waals surface area contributed by atoms with Crippen molar-refractivity contribution in [1.82, 2.24) is 14.8 Å². The van der Waals surface area contributed by atoms with Crippen LogP contribution in [-0.4, -0.2) is 39.4 Å². The fourth-order valence-corrected chi connectivity index (χ4v) is 2.37. The van der Waals surface area contributed by atoms with E-state index >= 15 is 0 Å². The molecular weight excluding hydrogens is 256 g/mol. The van der Waals surface area contributed by atoms with Crippen LogP contribution in [0.5, 0.6) is 0 Å². The maximum absolute atomic E-state index is 10.6. The van der Waals surface area contributed by atoms with Crippen molar-refractivity contribution in [2.75, 3.05) is 18.5 Å². The number of hydrogen-bond acceptors (Lipinski definition) is 4. The number of rotatable bonds is 2. The van der Waals surface area contributed by atoms with Crippen molar-refractivity contribution < 1.29 is 9.90 Å². The zero-order chi connectivity index (χ0) is 14.1. The number of anilines is 1. The maximum Gasteiger partial charge on any atom is 0.328 e. The highest BCUT2D eigenvalue weighted by Crippen LogP contribution is 2.31. The Kier molecular flexibility index (Phi) is 2.98. The summed E-state index contributed by atoms with van der Waals surface area (Å²) in [5.74, 6) is 0.344. The third-order valence-corrected chi connectivity index (χ3v) is 3.37. The molecule has 0 atom stereocenters. The lowest BCUT2D eigenvalue weighted by molar-refractivity contribution is -0.131. The number of para-hydroxylation sites is 1. The van der Waals surface area contributed by atoms with E-state index in [9.17, 15) is 4.79 Å². The van der Waals surface area contributed by atoms with Gasteiger partial charge in [0, 0.05) is 37.5 Å². The van der Waals surface area contributed by atoms with Gasteiger partial charge in [0.2, 0.25) is 0 Å². The Balaban J connectivity index is 2.12. The highest BCUT2D eigenvalue weighted by Gasteiger charge is 2.20. The van der Waals surface area contributed by atoms with Crippen LogP contribution in [-0.2, 0) is 11.3 Å². The van der Waals surface area contributed by atoms with E-state index in [4.69, 9.17) is 5.11 Å². The van der Waals surface area contributed by atoms with E-state index in [1.165, 1.54) is 6.08 Å². The molecule has 2 aromatic rings. The predicted octanol–water partition coefficient (Wildman–Crippen LogP) is 1.49. The second-order valence-electron chi connectivity index (χ2n) is 4.64. The van der Waals surface area contributed by atoms with Crippen molar-refractivity contribution in [1.29, 1.82) is 0 Å². The summed E-state index contributed by atoms with van der Waals surface area (Å²) in [6.07, 6.45) is 2.56. The minimum Gasteiger partial charge on any atom is -0.478 e. The second kappa shape index (κ2) is 4.80. The summed E-state index contributed by atoms with van der Waals surface area (Å²) in [5, 5.41) is 17.0. The van der Waals surface area contributed by atoms with Gasteiger partial charge < -0.3 is 14.6 Å². The normalized spacial score (nSPS) is 13.9. The number of nitrogens with zero attached hydrogens (tertiary/aromatic N) is 4. The van der Waals surface area contributed by atoms with Crippen LogP contribution in [0.15, 0.2) is 30.3 Å². The van der Waals surface area contributed by atoms with Gasteiger partial charge in [0.1, 0.15) is 0 Å². The van der Waals surface area contributed by atoms with Crippen molar-refractivity contribution in [2.45, 2.75) is 6.54 Å². The first-order chi connectivity index (χ1) is 9.66. The fourth-order valence-electron chi connectivity index (χ4n) is 2.37. The molecule has 0 radical (unpaired) electrons. The van der Waals surface area contributed by atoms with E-state index in [-0.39, 0.29) is 0 Å². The molecule has 0 saturated heterocycles. The minimum atomic E-state index is -0.992. The molecule has 0 fully saturated rings. The van der Waals surface area contributed by atoms with Crippen molar-refractivity contribution >= 4 is 17.7 Å². The highest BCUT2D eigenvalue weighted by molar-refractivity contribution is 5.85. The van der Waals surface area contributed by atoms with E-state index in [1.807, 2.05) is 35.9 Å². The summed E-state index contributed by atoms with van der Waals surface area (Å²) in [7, 11) is 2.03. The summed E-state index contributed by atoms with van der Waals surface area (Å²) in [4.78, 5) is 12.8. The van der Waals surface area contributed by atoms with Gasteiger partial charge in [-0.2, -0.15) is 0 Å². The lowest BCUT2D eigenvalue weighted by atomic mass is 10.1. The van der Waals surface area contributed by atoms with Crippen LogP contribution in [0.1, 0.15) is 5.82 Å². The molecule has 1 aliphatic rings. The molecule has 0 unspecified atom stereocenters. The number of hydrogen-bond donors (Lipinski definition) is 1. The molecule has 20 heavy (non-hydrogen) atoms. The predicted molar refractivity (Wildman–Crippen MR) is 75.4 cm³/mol. The molecule has 1 aliphatic heterocycles. The van der Waals surface area contributed by atoms with Gasteiger partial charge in [0.25, 0.3) is 0 Å². The largest absolute Gasteiger partial charge is 0.478 e. The second-order valence-corrected chi connectivity index (χ2v) is 4.64. The van der Waals surface area contributed by atoms with Gasteiger partial charge in [-0.3, -0.25) is 0 Å². The summed E-state index contributed by atoms with van der Waals surface area (Å²) in [6.45, 7) is 1.53. The summed E-state index contributed by atoms with van der Waals surface area (Å²) < 4.78 is 1.95. The van der Waals surface area contributed by atoms with Crippen LogP contribution in [0.2, 0.25) is 0 Å². The molecular formula is C14H14N4O2. The van der Waals surface area contributed by atoms with Gasteiger partial charge >= 0.3 is 5.97 Å². The van der Waals surface area contributed by atoms with Crippen LogP contribution in [0, 0.1) is 0 Å². The van der Waals surface area contributed by atoms with E-state index in [2.05, 4.69) is 15.1 Å². The Hall–Kier alpha value is -2.63. The zero-order valence-corrected chi connectivity index (χ0v) is 11.0. The first kappa shape index (κ1) is 12.4. The quantitative estimate of drug-likeness (QED) is 0.837. The van der Waals surface area contributed by atoms with E-state index < -0.39 is 5.97 Å². The van der Waals surface area contributed by atoms with E-state index in [0.717, 1.165) is 29.7 Å². The maximum atomic E-state index is 10.6. The molecule has 2 heterocycles. The third-order valence-electron chi connectivity index (χ3n) is 3.37. The Morgan fingerprint density at radius 1 is 1.30 bits per heavy atom. The van der Waals surface area contributed by atoms with Crippen LogP contribution in [0.4, 0.5) is 5.69 Å². The number of carbonyl (C=O) groups is 1. The van der Waals surface area contributed by atoms with Gasteiger partial charge in [-0.05, 0) is 18.2 Å². The molecule has 1 aromatic carbocycles. The summed E-state index contributed by atoms with van der Waals surface area (Å²) >= 11 is 0. The lowest BCUT2D eigenvalue weighted by Gasteiger charge is -2.18. The Morgan fingerprint density at radius 2 is 2.10 bits per heavy atom. The summed E-state index contributed by atoms with van der Waals surface area (Å²) in [6, 6.07) is 8.01. The smallest absolute Gasteiger partial charge is 0.328 e. The Labute approximate surface area is 116 Å². The molecule has 3 rings (SSSR count). The highest BCUT2D eigenvalue weighted by atomic mass is 16.4. The van der Waals surface area contributed by atoms with Crippen molar-refractivity contribution in [3.8, 4) is 11.4 Å². The number of fused-ring (bicyclic) bond motifs is 3. The van der Waals surface area contributed by atoms with Gasteiger partial charge in [-0.15, -0.1) is 10.2 Å². The molecule has 0 spiro atoms. The number of carboxylic acid groups (broad SMARTS) is 1. The number of likely N-dealkylation sites (N-methyl/N-ethyl adjacent to an activating group) is 1. The van der Waals surface area contributed by atoms with Crippen LogP contribution >= 0.6 is 0 Å². The van der Waals surface area contributed by atoms with Gasteiger partial charge in [0.05, 0.1) is 0 Å². The van der Waals surface area contributed by atoms with Crippen molar-refractivity contribution in [3.05, 3.63) is 36.2 Å². The average Bonchev–Trinajstić information content (AvgIpc) is 2.79. The Bertz CT molecular complexity index is 690. The van der Waals surface area contributed by atoms with E-state index in [0.29, 0.717) is 12.4 Å². The molecule has 0 bridgehead atoms. The molecule has 0 amide bonds. The number of aliphatic carboxylic acids is 1. The average molecular weight is 270 g/mol. The monoisotopic (exact) mass is 270 g/mol. The van der Waals surface area contributed by atoms with E-state index in [1.54, 1.807) is 0 Å².